The van der Waals surface area contributed by atoms with Crippen LogP contribution in [0.4, 0.5) is 4.79 Å². The molecule has 0 aliphatic carbocycles. The fourth-order valence-corrected chi connectivity index (χ4v) is 1.55. The molecule has 0 heterocycles. The first kappa shape index (κ1) is 17.7. The normalized spacial score (nSPS) is 11.2. The first-order valence-corrected chi connectivity index (χ1v) is 6.90. The first-order chi connectivity index (χ1) is 8.76. The molecule has 0 bridgehead atoms. The second-order valence-electron chi connectivity index (χ2n) is 5.81. The van der Waals surface area contributed by atoms with E-state index in [1.807, 2.05) is 13.8 Å². The SMILES string of the molecule is C=CCCCC(=O)NC(=O)OC(C)(C)CCC(C)C. The van der Waals surface area contributed by atoms with Crippen LogP contribution in [0.2, 0.25) is 0 Å². The molecule has 0 radical (unpaired) electrons. The molecule has 19 heavy (non-hydrogen) atoms. The highest BCUT2D eigenvalue weighted by atomic mass is 16.6. The molecule has 2 amide bonds. The summed E-state index contributed by atoms with van der Waals surface area (Å²) in [6.07, 6.45) is 4.63. The van der Waals surface area contributed by atoms with Crippen molar-refractivity contribution < 1.29 is 14.3 Å². The van der Waals surface area contributed by atoms with E-state index in [-0.39, 0.29) is 5.91 Å². The lowest BCUT2D eigenvalue weighted by Gasteiger charge is -2.25. The summed E-state index contributed by atoms with van der Waals surface area (Å²) in [7, 11) is 0. The zero-order valence-electron chi connectivity index (χ0n) is 12.6. The Bertz CT molecular complexity index is 309. The molecular weight excluding hydrogens is 242 g/mol. The topological polar surface area (TPSA) is 55.4 Å². The third-order valence-corrected chi connectivity index (χ3v) is 2.75. The maximum atomic E-state index is 11.6. The lowest BCUT2D eigenvalue weighted by molar-refractivity contribution is -0.120. The highest BCUT2D eigenvalue weighted by molar-refractivity contribution is 5.91. The van der Waals surface area contributed by atoms with Crippen LogP contribution < -0.4 is 5.32 Å². The summed E-state index contributed by atoms with van der Waals surface area (Å²) < 4.78 is 5.27. The average Bonchev–Trinajstić information content (AvgIpc) is 2.26. The van der Waals surface area contributed by atoms with Crippen LogP contribution in [-0.4, -0.2) is 17.6 Å². The molecule has 0 spiro atoms. The van der Waals surface area contributed by atoms with Gasteiger partial charge in [0.05, 0.1) is 0 Å². The second-order valence-corrected chi connectivity index (χ2v) is 5.81. The van der Waals surface area contributed by atoms with E-state index in [0.717, 1.165) is 19.3 Å². The van der Waals surface area contributed by atoms with Crippen molar-refractivity contribution >= 4 is 12.0 Å². The van der Waals surface area contributed by atoms with Crippen LogP contribution >= 0.6 is 0 Å². The van der Waals surface area contributed by atoms with Gasteiger partial charge in [0.25, 0.3) is 0 Å². The standard InChI is InChI=1S/C15H27NO3/c1-6-7-8-9-13(17)16-14(18)19-15(4,5)11-10-12(2)3/h6,12H,1,7-11H2,2-5H3,(H,16,17,18). The van der Waals surface area contributed by atoms with Crippen LogP contribution in [0.1, 0.15) is 59.8 Å². The van der Waals surface area contributed by atoms with Crippen LogP contribution in [0.5, 0.6) is 0 Å². The van der Waals surface area contributed by atoms with E-state index in [0.29, 0.717) is 18.8 Å². The van der Waals surface area contributed by atoms with Gasteiger partial charge in [0.2, 0.25) is 5.91 Å². The van der Waals surface area contributed by atoms with Crippen molar-refractivity contribution in [1.29, 1.82) is 0 Å². The number of hydrogen-bond acceptors (Lipinski definition) is 3. The van der Waals surface area contributed by atoms with Gasteiger partial charge in [0, 0.05) is 6.42 Å². The fraction of sp³-hybridized carbons (Fsp3) is 0.733. The number of rotatable bonds is 8. The summed E-state index contributed by atoms with van der Waals surface area (Å²) in [5.41, 5.74) is -0.546. The number of ether oxygens (including phenoxy) is 1. The van der Waals surface area contributed by atoms with Crippen molar-refractivity contribution in [2.75, 3.05) is 0 Å². The Labute approximate surface area is 116 Å². The third-order valence-electron chi connectivity index (χ3n) is 2.75. The number of amides is 2. The van der Waals surface area contributed by atoms with Crippen LogP contribution in [0.25, 0.3) is 0 Å². The molecule has 0 aliphatic rings. The van der Waals surface area contributed by atoms with Crippen molar-refractivity contribution in [2.24, 2.45) is 5.92 Å². The fourth-order valence-electron chi connectivity index (χ4n) is 1.55. The van der Waals surface area contributed by atoms with Gasteiger partial charge in [-0.25, -0.2) is 4.79 Å². The molecule has 0 fully saturated rings. The van der Waals surface area contributed by atoms with E-state index in [4.69, 9.17) is 4.74 Å². The van der Waals surface area contributed by atoms with Crippen LogP contribution in [0, 0.1) is 5.92 Å². The summed E-state index contributed by atoms with van der Waals surface area (Å²) in [6, 6.07) is 0. The Balaban J connectivity index is 4.00. The van der Waals surface area contributed by atoms with E-state index in [9.17, 15) is 9.59 Å². The summed E-state index contributed by atoms with van der Waals surface area (Å²) in [5.74, 6) is 0.262. The van der Waals surface area contributed by atoms with Crippen molar-refractivity contribution in [3.63, 3.8) is 0 Å². The highest BCUT2D eigenvalue weighted by Gasteiger charge is 2.23. The minimum absolute atomic E-state index is 0.300. The van der Waals surface area contributed by atoms with Crippen LogP contribution in [0.3, 0.4) is 0 Å². The second kappa shape index (κ2) is 8.73. The van der Waals surface area contributed by atoms with Gasteiger partial charge in [-0.2, -0.15) is 0 Å². The number of imide groups is 1. The molecule has 0 aliphatic heterocycles. The number of hydrogen-bond donors (Lipinski definition) is 1. The molecule has 0 rings (SSSR count). The Kier molecular flexibility index (Phi) is 8.12. The van der Waals surface area contributed by atoms with Gasteiger partial charge in [0.15, 0.2) is 0 Å². The van der Waals surface area contributed by atoms with E-state index >= 15 is 0 Å². The molecule has 0 aromatic carbocycles. The molecule has 4 nitrogen and oxygen atoms in total. The molecule has 0 saturated carbocycles. The number of carbonyl (C=O) groups excluding carboxylic acids is 2. The largest absolute Gasteiger partial charge is 0.443 e. The lowest BCUT2D eigenvalue weighted by Crippen LogP contribution is -2.37. The average molecular weight is 269 g/mol. The summed E-state index contributed by atoms with van der Waals surface area (Å²) >= 11 is 0. The van der Waals surface area contributed by atoms with E-state index < -0.39 is 11.7 Å². The summed E-state index contributed by atoms with van der Waals surface area (Å²) in [4.78, 5) is 23.0. The third kappa shape index (κ3) is 10.3. The van der Waals surface area contributed by atoms with Gasteiger partial charge in [-0.15, -0.1) is 6.58 Å². The molecule has 110 valence electrons. The number of carbonyl (C=O) groups is 2. The van der Waals surface area contributed by atoms with Gasteiger partial charge in [-0.1, -0.05) is 19.9 Å². The van der Waals surface area contributed by atoms with E-state index in [1.165, 1.54) is 0 Å². The van der Waals surface area contributed by atoms with Crippen molar-refractivity contribution in [1.82, 2.24) is 5.32 Å². The number of alkyl carbamates (subject to hydrolysis) is 1. The number of unbranched alkanes of at least 4 members (excludes halogenated alkanes) is 1. The Morgan fingerprint density at radius 1 is 1.37 bits per heavy atom. The zero-order valence-corrected chi connectivity index (χ0v) is 12.6. The van der Waals surface area contributed by atoms with Gasteiger partial charge in [0.1, 0.15) is 5.60 Å². The number of nitrogens with one attached hydrogen (secondary N) is 1. The first-order valence-electron chi connectivity index (χ1n) is 6.90. The molecule has 0 atom stereocenters. The van der Waals surface area contributed by atoms with E-state index in [2.05, 4.69) is 25.7 Å². The molecule has 0 unspecified atom stereocenters. The van der Waals surface area contributed by atoms with Gasteiger partial charge in [-0.05, 0) is 45.4 Å². The lowest BCUT2D eigenvalue weighted by atomic mass is 9.97. The van der Waals surface area contributed by atoms with Gasteiger partial charge >= 0.3 is 6.09 Å². The molecule has 0 aromatic rings. The maximum absolute atomic E-state index is 11.6. The summed E-state index contributed by atoms with van der Waals surface area (Å²) in [6.45, 7) is 11.5. The quantitative estimate of drug-likeness (QED) is 0.538. The maximum Gasteiger partial charge on any atom is 0.414 e. The van der Waals surface area contributed by atoms with Crippen LogP contribution in [-0.2, 0) is 9.53 Å². The van der Waals surface area contributed by atoms with E-state index in [1.54, 1.807) is 6.08 Å². The highest BCUT2D eigenvalue weighted by Crippen LogP contribution is 2.20. The van der Waals surface area contributed by atoms with Gasteiger partial charge in [-0.3, -0.25) is 10.1 Å². The smallest absolute Gasteiger partial charge is 0.414 e. The Hall–Kier alpha value is -1.32. The molecule has 0 aromatic heterocycles. The van der Waals surface area contributed by atoms with Crippen LogP contribution in [0.15, 0.2) is 12.7 Å². The van der Waals surface area contributed by atoms with Gasteiger partial charge < -0.3 is 4.74 Å². The molecule has 0 saturated heterocycles. The Morgan fingerprint density at radius 3 is 2.53 bits per heavy atom. The minimum Gasteiger partial charge on any atom is -0.443 e. The minimum atomic E-state index is -0.655. The predicted octanol–water partition coefficient (Wildman–Crippen LogP) is 3.81. The predicted molar refractivity (Wildman–Crippen MR) is 76.8 cm³/mol. The molecule has 1 N–H and O–H groups in total. The monoisotopic (exact) mass is 269 g/mol. The zero-order chi connectivity index (χ0) is 14.9. The number of allylic oxidation sites excluding steroid dienone is 1. The summed E-state index contributed by atoms with van der Waals surface area (Å²) in [5, 5.41) is 2.25. The Morgan fingerprint density at radius 2 is 2.00 bits per heavy atom. The molecule has 4 heteroatoms. The van der Waals surface area contributed by atoms with Crippen molar-refractivity contribution in [2.45, 2.75) is 65.4 Å². The van der Waals surface area contributed by atoms with Crippen molar-refractivity contribution in [3.8, 4) is 0 Å². The van der Waals surface area contributed by atoms with Crippen molar-refractivity contribution in [3.05, 3.63) is 12.7 Å². The molecular formula is C15H27NO3.